The van der Waals surface area contributed by atoms with Crippen molar-refractivity contribution in [3.05, 3.63) is 0 Å². The van der Waals surface area contributed by atoms with Gasteiger partial charge in [-0.1, -0.05) is 0 Å². The van der Waals surface area contributed by atoms with Gasteiger partial charge in [-0.05, 0) is 0 Å². The van der Waals surface area contributed by atoms with E-state index in [1.54, 1.807) is 0 Å². The Hall–Kier alpha value is -0.381. The quantitative estimate of drug-likeness (QED) is 0.574. The Bertz CT molecular complexity index is 148. The number of carboxylic acid groups (broad SMARTS) is 1. The van der Waals surface area contributed by atoms with Gasteiger partial charge in [0.1, 0.15) is 0 Å². The van der Waals surface area contributed by atoms with Crippen LogP contribution in [-0.4, -0.2) is 37.8 Å². The second kappa shape index (κ2) is 4.44. The molecule has 0 bridgehead atoms. The number of carbonyl (C=O) groups excluding carboxylic acids is 1. The molecule has 0 unspecified atom stereocenters. The standard InChI is InChI=1S/C5H8NO3Se/c6-3(5(9)10)1-2-4(7)8/h3H,1-2,6H2,(H,7,8)/t3-/m0/s1. The Balaban J connectivity index is 3.49. The topological polar surface area (TPSA) is 80.4 Å². The molecule has 1 atom stereocenters. The fourth-order valence-electron chi connectivity index (χ4n) is 0.397. The zero-order valence-corrected chi connectivity index (χ0v) is 6.95. The van der Waals surface area contributed by atoms with Gasteiger partial charge < -0.3 is 0 Å². The van der Waals surface area contributed by atoms with Crippen LogP contribution in [0.2, 0.25) is 0 Å². The summed E-state index contributed by atoms with van der Waals surface area (Å²) in [6, 6.07) is -0.670. The van der Waals surface area contributed by atoms with Crippen LogP contribution >= 0.6 is 0 Å². The van der Waals surface area contributed by atoms with E-state index in [4.69, 9.17) is 10.8 Å². The van der Waals surface area contributed by atoms with Crippen molar-refractivity contribution in [3.8, 4) is 0 Å². The third kappa shape index (κ3) is 4.49. The number of carboxylic acids is 1. The molecule has 0 saturated carbocycles. The number of carbonyl (C=O) groups is 2. The van der Waals surface area contributed by atoms with Gasteiger partial charge in [0.05, 0.1) is 0 Å². The van der Waals surface area contributed by atoms with E-state index in [2.05, 4.69) is 16.0 Å². The van der Waals surface area contributed by atoms with Crippen molar-refractivity contribution in [2.24, 2.45) is 5.73 Å². The van der Waals surface area contributed by atoms with Gasteiger partial charge in [0.2, 0.25) is 0 Å². The van der Waals surface area contributed by atoms with Gasteiger partial charge in [0.15, 0.2) is 0 Å². The van der Waals surface area contributed by atoms with Crippen LogP contribution < -0.4 is 5.73 Å². The van der Waals surface area contributed by atoms with E-state index in [9.17, 15) is 9.59 Å². The molecule has 0 aromatic heterocycles. The fraction of sp³-hybridized carbons (Fsp3) is 0.600. The molecule has 0 aliphatic heterocycles. The molecule has 1 radical (unpaired) electrons. The molecule has 4 nitrogen and oxygen atoms in total. The second-order valence-corrected chi connectivity index (χ2v) is 2.70. The molecule has 0 spiro atoms. The van der Waals surface area contributed by atoms with E-state index in [-0.39, 0.29) is 17.5 Å². The summed E-state index contributed by atoms with van der Waals surface area (Å²) in [6.07, 6.45) is 0.135. The zero-order valence-electron chi connectivity index (χ0n) is 5.24. The maximum absolute atomic E-state index is 10.4. The van der Waals surface area contributed by atoms with Crippen molar-refractivity contribution < 1.29 is 14.7 Å². The van der Waals surface area contributed by atoms with Crippen molar-refractivity contribution in [3.63, 3.8) is 0 Å². The summed E-state index contributed by atoms with van der Waals surface area (Å²) in [6.45, 7) is 0. The SMILES string of the molecule is N[C@@H](CCC(=O)O)C(=O)[Se]. The fourth-order valence-corrected chi connectivity index (χ4v) is 0.644. The van der Waals surface area contributed by atoms with Crippen molar-refractivity contribution in [1.29, 1.82) is 0 Å². The molecule has 3 N–H and O–H groups in total. The average molecular weight is 209 g/mol. The summed E-state index contributed by atoms with van der Waals surface area (Å²) in [4.78, 5) is 20.3. The van der Waals surface area contributed by atoms with Crippen molar-refractivity contribution in [1.82, 2.24) is 0 Å². The van der Waals surface area contributed by atoms with E-state index < -0.39 is 12.0 Å². The molecule has 0 aliphatic rings. The Morgan fingerprint density at radius 1 is 1.60 bits per heavy atom. The molecule has 0 saturated heterocycles. The third-order valence-corrected chi connectivity index (χ3v) is 1.61. The summed E-state index contributed by atoms with van der Waals surface area (Å²) < 4.78 is -0.291. The number of aliphatic carboxylic acids is 1. The number of hydrogen-bond acceptors (Lipinski definition) is 3. The van der Waals surface area contributed by atoms with Crippen LogP contribution in [0, 0.1) is 0 Å². The van der Waals surface area contributed by atoms with Crippen molar-refractivity contribution in [2.45, 2.75) is 18.9 Å². The predicted octanol–water partition coefficient (Wildman–Crippen LogP) is -1.13. The summed E-state index contributed by atoms with van der Waals surface area (Å²) in [5.74, 6) is -0.934. The molecule has 0 heterocycles. The number of rotatable bonds is 4. The van der Waals surface area contributed by atoms with E-state index in [0.29, 0.717) is 0 Å². The van der Waals surface area contributed by atoms with Gasteiger partial charge in [0.25, 0.3) is 0 Å². The summed E-state index contributed by atoms with van der Waals surface area (Å²) in [7, 11) is 0. The Labute approximate surface area is 66.6 Å². The van der Waals surface area contributed by atoms with E-state index in [1.165, 1.54) is 0 Å². The molecular weight excluding hydrogens is 201 g/mol. The molecule has 0 rings (SSSR count). The van der Waals surface area contributed by atoms with Gasteiger partial charge in [-0.3, -0.25) is 0 Å². The van der Waals surface area contributed by atoms with Crippen LogP contribution in [0.1, 0.15) is 12.8 Å². The molecule has 0 fully saturated rings. The van der Waals surface area contributed by atoms with Gasteiger partial charge in [0, 0.05) is 0 Å². The Morgan fingerprint density at radius 3 is 2.40 bits per heavy atom. The second-order valence-electron chi connectivity index (χ2n) is 1.86. The third-order valence-electron chi connectivity index (χ3n) is 0.972. The van der Waals surface area contributed by atoms with E-state index >= 15 is 0 Å². The minimum atomic E-state index is -0.934. The number of hydrogen-bond donors (Lipinski definition) is 2. The molecule has 0 aliphatic carbocycles. The first-order valence-electron chi connectivity index (χ1n) is 2.72. The van der Waals surface area contributed by atoms with E-state index in [0.717, 1.165) is 0 Å². The first-order chi connectivity index (χ1) is 4.54. The van der Waals surface area contributed by atoms with Crippen LogP contribution in [-0.2, 0) is 9.59 Å². The van der Waals surface area contributed by atoms with Gasteiger partial charge in [-0.15, -0.1) is 0 Å². The molecule has 0 amide bonds. The average Bonchev–Trinajstić information content (AvgIpc) is 1.82. The minimum absolute atomic E-state index is 0.0609. The summed E-state index contributed by atoms with van der Waals surface area (Å²) in [5, 5.41) is 8.17. The van der Waals surface area contributed by atoms with Crippen LogP contribution in [0.5, 0.6) is 0 Å². The molecule has 5 heteroatoms. The molecule has 0 aromatic carbocycles. The molecular formula is C5H8NO3Se. The first kappa shape index (κ1) is 9.62. The molecule has 57 valence electrons. The van der Waals surface area contributed by atoms with Gasteiger partial charge >= 0.3 is 66.0 Å². The Morgan fingerprint density at radius 2 is 2.10 bits per heavy atom. The van der Waals surface area contributed by atoms with Crippen molar-refractivity contribution in [2.75, 3.05) is 0 Å². The summed E-state index contributed by atoms with van der Waals surface area (Å²) >= 11 is 2.21. The van der Waals surface area contributed by atoms with E-state index in [1.807, 2.05) is 0 Å². The monoisotopic (exact) mass is 210 g/mol. The van der Waals surface area contributed by atoms with Crippen LogP contribution in [0.25, 0.3) is 0 Å². The summed E-state index contributed by atoms with van der Waals surface area (Å²) in [5.41, 5.74) is 5.22. The van der Waals surface area contributed by atoms with Gasteiger partial charge in [-0.2, -0.15) is 0 Å². The molecule has 0 aromatic rings. The van der Waals surface area contributed by atoms with Crippen LogP contribution in [0.15, 0.2) is 0 Å². The van der Waals surface area contributed by atoms with Crippen LogP contribution in [0.3, 0.4) is 0 Å². The number of nitrogens with two attached hydrogens (primary N) is 1. The van der Waals surface area contributed by atoms with Gasteiger partial charge in [-0.25, -0.2) is 0 Å². The normalized spacial score (nSPS) is 12.5. The Kier molecular flexibility index (Phi) is 4.27. The first-order valence-corrected chi connectivity index (χ1v) is 3.58. The van der Waals surface area contributed by atoms with Crippen LogP contribution in [0.4, 0.5) is 0 Å². The maximum atomic E-state index is 10.4. The van der Waals surface area contributed by atoms with Crippen molar-refractivity contribution >= 4 is 26.7 Å². The molecule has 10 heavy (non-hydrogen) atoms. The zero-order chi connectivity index (χ0) is 8.15. The predicted molar refractivity (Wildman–Crippen MR) is 35.6 cm³/mol.